The predicted molar refractivity (Wildman–Crippen MR) is 129 cm³/mol. The first-order valence-electron chi connectivity index (χ1n) is 10.6. The van der Waals surface area contributed by atoms with Crippen LogP contribution in [0.1, 0.15) is 27.0 Å². The van der Waals surface area contributed by atoms with Gasteiger partial charge in [0.15, 0.2) is 0 Å². The van der Waals surface area contributed by atoms with Crippen molar-refractivity contribution in [2.24, 2.45) is 0 Å². The molecule has 0 bridgehead atoms. The number of hydrogen-bond acceptors (Lipinski definition) is 5. The van der Waals surface area contributed by atoms with Crippen LogP contribution in [0.3, 0.4) is 0 Å². The van der Waals surface area contributed by atoms with Crippen molar-refractivity contribution in [3.63, 3.8) is 0 Å². The van der Waals surface area contributed by atoms with E-state index in [0.717, 1.165) is 5.56 Å². The zero-order valence-corrected chi connectivity index (χ0v) is 18.8. The number of aliphatic carboxylic acids is 1. The van der Waals surface area contributed by atoms with Gasteiger partial charge < -0.3 is 15.7 Å². The van der Waals surface area contributed by atoms with Gasteiger partial charge in [-0.1, -0.05) is 60.2 Å². The van der Waals surface area contributed by atoms with Gasteiger partial charge in [-0.3, -0.25) is 19.7 Å². The first kappa shape index (κ1) is 24.8. The molecule has 0 spiro atoms. The minimum absolute atomic E-state index is 0.0257. The Hall–Kier alpha value is -4.79. The number of amides is 2. The predicted octanol–water partition coefficient (Wildman–Crippen LogP) is 3.49. The second-order valence-corrected chi connectivity index (χ2v) is 7.78. The van der Waals surface area contributed by atoms with Crippen LogP contribution in [0.2, 0.25) is 0 Å². The molecule has 3 aromatic carbocycles. The van der Waals surface area contributed by atoms with E-state index in [1.54, 1.807) is 54.6 Å². The summed E-state index contributed by atoms with van der Waals surface area (Å²) in [4.78, 5) is 48.3. The average Bonchev–Trinajstić information content (AvgIpc) is 2.84. The third kappa shape index (κ3) is 7.10. The molecule has 2 amide bonds. The van der Waals surface area contributed by atoms with Crippen LogP contribution in [0.5, 0.6) is 0 Å². The van der Waals surface area contributed by atoms with E-state index in [2.05, 4.69) is 10.6 Å². The largest absolute Gasteiger partial charge is 0.480 e. The molecular weight excluding hydrogens is 450 g/mol. The molecule has 35 heavy (non-hydrogen) atoms. The van der Waals surface area contributed by atoms with E-state index < -0.39 is 28.7 Å². The standard InChI is InChI=1S/C26H23N3O6/c1-17-10-12-20(13-11-17)24(30)27-22(16-19-8-5-9-21(14-19)29(34)35)25(31)28-23(26(32)33)15-18-6-3-2-4-7-18/h2-14,16,23H,15H2,1H3,(H,27,30)(H,28,31)(H,32,33)/b22-16-/t23-/m1/s1. The van der Waals surface area contributed by atoms with Crippen LogP contribution in [0.25, 0.3) is 6.08 Å². The van der Waals surface area contributed by atoms with Gasteiger partial charge in [0.25, 0.3) is 17.5 Å². The number of nitrogens with zero attached hydrogens (tertiary/aromatic N) is 1. The number of carbonyl (C=O) groups excluding carboxylic acids is 2. The van der Waals surface area contributed by atoms with E-state index >= 15 is 0 Å². The molecule has 0 aliphatic rings. The lowest BCUT2D eigenvalue weighted by Gasteiger charge is -2.17. The summed E-state index contributed by atoms with van der Waals surface area (Å²) in [7, 11) is 0. The van der Waals surface area contributed by atoms with Crippen molar-refractivity contribution in [3.05, 3.63) is 117 Å². The quantitative estimate of drug-likeness (QED) is 0.247. The number of aryl methyl sites for hydroxylation is 1. The van der Waals surface area contributed by atoms with Crippen molar-refractivity contribution in [3.8, 4) is 0 Å². The number of hydrogen-bond donors (Lipinski definition) is 3. The van der Waals surface area contributed by atoms with Gasteiger partial charge in [-0.05, 0) is 36.3 Å². The summed E-state index contributed by atoms with van der Waals surface area (Å²) in [5.41, 5.74) is 1.76. The van der Waals surface area contributed by atoms with Gasteiger partial charge in [0.2, 0.25) is 0 Å². The zero-order valence-electron chi connectivity index (χ0n) is 18.8. The van der Waals surface area contributed by atoms with Crippen LogP contribution < -0.4 is 10.6 Å². The molecule has 1 atom stereocenters. The fraction of sp³-hybridized carbons (Fsp3) is 0.115. The van der Waals surface area contributed by atoms with Crippen molar-refractivity contribution < 1.29 is 24.4 Å². The number of carboxylic acids is 1. The Morgan fingerprint density at radius 3 is 2.31 bits per heavy atom. The summed E-state index contributed by atoms with van der Waals surface area (Å²) in [6, 6.07) is 19.6. The Morgan fingerprint density at radius 1 is 1.00 bits per heavy atom. The molecule has 0 fully saturated rings. The normalized spacial score (nSPS) is 11.9. The van der Waals surface area contributed by atoms with Crippen molar-refractivity contribution in [1.82, 2.24) is 10.6 Å². The lowest BCUT2D eigenvalue weighted by atomic mass is 10.1. The zero-order chi connectivity index (χ0) is 25.4. The summed E-state index contributed by atoms with van der Waals surface area (Å²) in [5, 5.41) is 25.7. The topological polar surface area (TPSA) is 139 Å². The van der Waals surface area contributed by atoms with Crippen LogP contribution in [0.4, 0.5) is 5.69 Å². The molecule has 0 aliphatic heterocycles. The van der Waals surface area contributed by atoms with Gasteiger partial charge in [-0.15, -0.1) is 0 Å². The second kappa shape index (κ2) is 11.4. The lowest BCUT2D eigenvalue weighted by molar-refractivity contribution is -0.384. The van der Waals surface area contributed by atoms with E-state index in [1.807, 2.05) is 6.92 Å². The average molecular weight is 473 g/mol. The summed E-state index contributed by atoms with van der Waals surface area (Å²) in [6.07, 6.45) is 1.29. The SMILES string of the molecule is Cc1ccc(C(=O)N/C(=C\c2cccc([N+](=O)[O-])c2)C(=O)N[C@H](Cc2ccccc2)C(=O)O)cc1. The highest BCUT2D eigenvalue weighted by atomic mass is 16.6. The molecule has 178 valence electrons. The number of carbonyl (C=O) groups is 3. The molecule has 3 aromatic rings. The molecule has 9 nitrogen and oxygen atoms in total. The maximum Gasteiger partial charge on any atom is 0.326 e. The summed E-state index contributed by atoms with van der Waals surface area (Å²) >= 11 is 0. The monoisotopic (exact) mass is 473 g/mol. The van der Waals surface area contributed by atoms with Gasteiger partial charge in [0, 0.05) is 24.1 Å². The first-order chi connectivity index (χ1) is 16.7. The van der Waals surface area contributed by atoms with Crippen LogP contribution in [0.15, 0.2) is 84.6 Å². The molecule has 9 heteroatoms. The van der Waals surface area contributed by atoms with Crippen molar-refractivity contribution in [2.75, 3.05) is 0 Å². The van der Waals surface area contributed by atoms with Crippen LogP contribution in [-0.4, -0.2) is 33.9 Å². The molecule has 3 N–H and O–H groups in total. The summed E-state index contributed by atoms with van der Waals surface area (Å²) in [5.74, 6) is -2.69. The number of nitro benzene ring substituents is 1. The Morgan fingerprint density at radius 2 is 1.69 bits per heavy atom. The van der Waals surface area contributed by atoms with Gasteiger partial charge in [-0.2, -0.15) is 0 Å². The number of rotatable bonds is 9. The third-order valence-corrected chi connectivity index (χ3v) is 5.08. The van der Waals surface area contributed by atoms with Crippen molar-refractivity contribution in [1.29, 1.82) is 0 Å². The van der Waals surface area contributed by atoms with Crippen LogP contribution in [0, 0.1) is 17.0 Å². The highest BCUT2D eigenvalue weighted by Gasteiger charge is 2.24. The number of nitro groups is 1. The Balaban J connectivity index is 1.91. The Labute approximate surface area is 201 Å². The number of carboxylic acid groups (broad SMARTS) is 1. The van der Waals surface area contributed by atoms with E-state index in [9.17, 15) is 29.6 Å². The summed E-state index contributed by atoms with van der Waals surface area (Å²) in [6.45, 7) is 1.86. The van der Waals surface area contributed by atoms with E-state index in [-0.39, 0.29) is 28.9 Å². The van der Waals surface area contributed by atoms with Crippen molar-refractivity contribution >= 4 is 29.5 Å². The number of non-ortho nitro benzene ring substituents is 1. The second-order valence-electron chi connectivity index (χ2n) is 7.78. The molecule has 0 unspecified atom stereocenters. The maximum atomic E-state index is 13.1. The molecule has 0 saturated carbocycles. The van der Waals surface area contributed by atoms with Gasteiger partial charge >= 0.3 is 5.97 Å². The fourth-order valence-electron chi connectivity index (χ4n) is 3.24. The molecule has 0 heterocycles. The highest BCUT2D eigenvalue weighted by molar-refractivity contribution is 6.06. The molecule has 0 aromatic heterocycles. The number of nitrogens with one attached hydrogen (secondary N) is 2. The maximum absolute atomic E-state index is 13.1. The number of benzene rings is 3. The minimum atomic E-state index is -1.27. The smallest absolute Gasteiger partial charge is 0.326 e. The molecule has 0 saturated heterocycles. The molecule has 3 rings (SSSR count). The van der Waals surface area contributed by atoms with E-state index in [4.69, 9.17) is 0 Å². The van der Waals surface area contributed by atoms with Gasteiger partial charge in [-0.25, -0.2) is 4.79 Å². The van der Waals surface area contributed by atoms with E-state index in [1.165, 1.54) is 30.3 Å². The highest BCUT2D eigenvalue weighted by Crippen LogP contribution is 2.16. The van der Waals surface area contributed by atoms with Gasteiger partial charge in [0.05, 0.1) is 4.92 Å². The molecule has 0 radical (unpaired) electrons. The first-order valence-corrected chi connectivity index (χ1v) is 10.6. The molecule has 0 aliphatic carbocycles. The third-order valence-electron chi connectivity index (χ3n) is 5.08. The van der Waals surface area contributed by atoms with E-state index in [0.29, 0.717) is 5.56 Å². The van der Waals surface area contributed by atoms with Crippen molar-refractivity contribution in [2.45, 2.75) is 19.4 Å². The lowest BCUT2D eigenvalue weighted by Crippen LogP contribution is -2.45. The van der Waals surface area contributed by atoms with Crippen LogP contribution >= 0.6 is 0 Å². The fourth-order valence-corrected chi connectivity index (χ4v) is 3.24. The Kier molecular flexibility index (Phi) is 8.07. The Bertz CT molecular complexity index is 1270. The van der Waals surface area contributed by atoms with Crippen LogP contribution in [-0.2, 0) is 16.0 Å². The minimum Gasteiger partial charge on any atom is -0.480 e. The summed E-state index contributed by atoms with van der Waals surface area (Å²) < 4.78 is 0. The molecular formula is C26H23N3O6. The van der Waals surface area contributed by atoms with Gasteiger partial charge in [0.1, 0.15) is 11.7 Å².